The maximum atomic E-state index is 12.9. The molecule has 158 valence electrons. The van der Waals surface area contributed by atoms with E-state index in [1.54, 1.807) is 32.4 Å². The van der Waals surface area contributed by atoms with Gasteiger partial charge in [-0.05, 0) is 47.0 Å². The Balaban J connectivity index is 1.51. The zero-order valence-electron chi connectivity index (χ0n) is 17.2. The lowest BCUT2D eigenvalue weighted by Crippen LogP contribution is -2.32. The van der Waals surface area contributed by atoms with Crippen LogP contribution in [0.5, 0.6) is 17.2 Å². The lowest BCUT2D eigenvalue weighted by molar-refractivity contribution is -0.123. The van der Waals surface area contributed by atoms with E-state index in [0.717, 1.165) is 33.8 Å². The van der Waals surface area contributed by atoms with Crippen molar-refractivity contribution in [2.24, 2.45) is 0 Å². The number of carbonyl (C=O) groups is 2. The van der Waals surface area contributed by atoms with Crippen molar-refractivity contribution in [3.05, 3.63) is 71.1 Å². The molecular formula is C24H21NO5S. The van der Waals surface area contributed by atoms with E-state index in [4.69, 9.17) is 14.2 Å². The second-order valence-electron chi connectivity index (χ2n) is 6.74. The van der Waals surface area contributed by atoms with Gasteiger partial charge in [-0.2, -0.15) is 0 Å². The number of thioether (sulfide) groups is 1. The van der Waals surface area contributed by atoms with Gasteiger partial charge >= 0.3 is 0 Å². The third-order valence-corrected chi connectivity index (χ3v) is 5.85. The lowest BCUT2D eigenvalue weighted by atomic mass is 10.0. The Kier molecular flexibility index (Phi) is 6.13. The first kappa shape index (κ1) is 20.8. The molecule has 3 aromatic carbocycles. The molecule has 31 heavy (non-hydrogen) atoms. The quantitative estimate of drug-likeness (QED) is 0.488. The van der Waals surface area contributed by atoms with Crippen molar-refractivity contribution < 1.29 is 23.8 Å². The van der Waals surface area contributed by atoms with Crippen LogP contribution in [0.3, 0.4) is 0 Å². The van der Waals surface area contributed by atoms with E-state index < -0.39 is 0 Å². The second kappa shape index (κ2) is 9.14. The number of para-hydroxylation sites is 2. The first-order valence-corrected chi connectivity index (χ1v) is 10.5. The van der Waals surface area contributed by atoms with E-state index in [-0.39, 0.29) is 24.3 Å². The molecule has 0 atom stereocenters. The molecule has 0 aromatic heterocycles. The predicted octanol–water partition coefficient (Wildman–Crippen LogP) is 4.97. The number of carbonyl (C=O) groups excluding carboxylic acids is 2. The Labute approximate surface area is 184 Å². The summed E-state index contributed by atoms with van der Waals surface area (Å²) in [5.74, 6) is 1.60. The molecule has 6 nitrogen and oxygen atoms in total. The Hall–Kier alpha value is -3.45. The molecule has 0 saturated carbocycles. The van der Waals surface area contributed by atoms with Crippen LogP contribution in [0.25, 0.3) is 16.8 Å². The lowest BCUT2D eigenvalue weighted by Gasteiger charge is -2.14. The number of hydrogen-bond donors (Lipinski definition) is 0. The normalized spacial score (nSPS) is 15.0. The Morgan fingerprint density at radius 3 is 2.26 bits per heavy atom. The molecule has 1 aliphatic heterocycles. The predicted molar refractivity (Wildman–Crippen MR) is 122 cm³/mol. The van der Waals surface area contributed by atoms with Crippen molar-refractivity contribution in [2.75, 3.05) is 27.4 Å². The van der Waals surface area contributed by atoms with Gasteiger partial charge in [-0.15, -0.1) is 0 Å². The highest BCUT2D eigenvalue weighted by Crippen LogP contribution is 2.35. The summed E-state index contributed by atoms with van der Waals surface area (Å²) in [6.45, 7) is 0.334. The molecule has 0 radical (unpaired) electrons. The maximum absolute atomic E-state index is 12.9. The molecule has 0 unspecified atom stereocenters. The van der Waals surface area contributed by atoms with Crippen LogP contribution in [0.4, 0.5) is 4.79 Å². The molecule has 1 fully saturated rings. The highest BCUT2D eigenvalue weighted by Gasteiger charge is 2.35. The molecule has 1 aliphatic rings. The summed E-state index contributed by atoms with van der Waals surface area (Å²) in [7, 11) is 3.19. The molecule has 1 heterocycles. The number of fused-ring (bicyclic) bond motifs is 1. The number of rotatable bonds is 7. The van der Waals surface area contributed by atoms with Gasteiger partial charge in [0, 0.05) is 5.39 Å². The van der Waals surface area contributed by atoms with Crippen LogP contribution in [0.1, 0.15) is 5.56 Å². The minimum Gasteiger partial charge on any atom is -0.496 e. The van der Waals surface area contributed by atoms with Gasteiger partial charge in [-0.3, -0.25) is 14.5 Å². The number of imide groups is 1. The fourth-order valence-electron chi connectivity index (χ4n) is 3.42. The third kappa shape index (κ3) is 4.22. The summed E-state index contributed by atoms with van der Waals surface area (Å²) < 4.78 is 16.4. The highest BCUT2D eigenvalue weighted by molar-refractivity contribution is 8.18. The number of amides is 2. The van der Waals surface area contributed by atoms with Crippen LogP contribution in [-0.2, 0) is 4.79 Å². The smallest absolute Gasteiger partial charge is 0.293 e. The second-order valence-corrected chi connectivity index (χ2v) is 7.73. The van der Waals surface area contributed by atoms with Crippen molar-refractivity contribution in [2.45, 2.75) is 0 Å². The van der Waals surface area contributed by atoms with E-state index in [9.17, 15) is 9.59 Å². The fourth-order valence-corrected chi connectivity index (χ4v) is 4.27. The van der Waals surface area contributed by atoms with Gasteiger partial charge < -0.3 is 14.2 Å². The van der Waals surface area contributed by atoms with E-state index in [0.29, 0.717) is 16.4 Å². The van der Waals surface area contributed by atoms with Crippen LogP contribution in [-0.4, -0.2) is 43.4 Å². The van der Waals surface area contributed by atoms with Crippen molar-refractivity contribution in [3.63, 3.8) is 0 Å². The number of benzene rings is 3. The van der Waals surface area contributed by atoms with Crippen LogP contribution in [0, 0.1) is 0 Å². The third-order valence-electron chi connectivity index (χ3n) is 4.94. The SMILES string of the molecule is COc1ccccc1OCCN1C(=O)S/C(=C\c2ccc(OC)c3ccccc23)C1=O. The van der Waals surface area contributed by atoms with Gasteiger partial charge in [-0.25, -0.2) is 0 Å². The van der Waals surface area contributed by atoms with E-state index in [2.05, 4.69) is 0 Å². The molecule has 0 spiro atoms. The summed E-state index contributed by atoms with van der Waals surface area (Å²) >= 11 is 0.936. The summed E-state index contributed by atoms with van der Waals surface area (Å²) in [6, 6.07) is 18.8. The van der Waals surface area contributed by atoms with Gasteiger partial charge in [0.2, 0.25) is 0 Å². The van der Waals surface area contributed by atoms with E-state index in [1.807, 2.05) is 48.5 Å². The topological polar surface area (TPSA) is 65.1 Å². The summed E-state index contributed by atoms with van der Waals surface area (Å²) in [4.78, 5) is 26.9. The summed E-state index contributed by atoms with van der Waals surface area (Å²) in [6.07, 6.45) is 1.76. The Morgan fingerprint density at radius 2 is 1.52 bits per heavy atom. The van der Waals surface area contributed by atoms with Gasteiger partial charge in [0.25, 0.3) is 11.1 Å². The minimum absolute atomic E-state index is 0.156. The monoisotopic (exact) mass is 435 g/mol. The molecule has 0 bridgehead atoms. The molecule has 7 heteroatoms. The zero-order chi connectivity index (χ0) is 21.8. The number of hydrogen-bond acceptors (Lipinski definition) is 6. The van der Waals surface area contributed by atoms with E-state index in [1.165, 1.54) is 4.90 Å². The molecular weight excluding hydrogens is 414 g/mol. The van der Waals surface area contributed by atoms with Crippen molar-refractivity contribution in [1.82, 2.24) is 4.90 Å². The van der Waals surface area contributed by atoms with Crippen LogP contribution >= 0.6 is 11.8 Å². The average Bonchev–Trinajstić information content (AvgIpc) is 3.07. The highest BCUT2D eigenvalue weighted by atomic mass is 32.2. The van der Waals surface area contributed by atoms with Crippen LogP contribution in [0.2, 0.25) is 0 Å². The first-order chi connectivity index (χ1) is 15.1. The molecule has 4 rings (SSSR count). The van der Waals surface area contributed by atoms with Crippen molar-refractivity contribution >= 4 is 39.8 Å². The van der Waals surface area contributed by atoms with Crippen molar-refractivity contribution in [1.29, 1.82) is 0 Å². The molecule has 1 saturated heterocycles. The van der Waals surface area contributed by atoms with Gasteiger partial charge in [0.15, 0.2) is 11.5 Å². The van der Waals surface area contributed by atoms with Crippen LogP contribution < -0.4 is 14.2 Å². The molecule has 0 N–H and O–H groups in total. The van der Waals surface area contributed by atoms with Gasteiger partial charge in [-0.1, -0.05) is 42.5 Å². The fraction of sp³-hybridized carbons (Fsp3) is 0.167. The standard InChI is InChI=1S/C24H21NO5S/c1-28-19-12-11-16(17-7-3-4-8-18(17)19)15-22-23(26)25(24(27)31-22)13-14-30-21-10-6-5-9-20(21)29-2/h3-12,15H,13-14H2,1-2H3/b22-15-. The average molecular weight is 436 g/mol. The van der Waals surface area contributed by atoms with Gasteiger partial charge in [0.05, 0.1) is 25.7 Å². The summed E-state index contributed by atoms with van der Waals surface area (Å²) in [5, 5.41) is 1.59. The maximum Gasteiger partial charge on any atom is 0.293 e. The number of methoxy groups -OCH3 is 2. The van der Waals surface area contributed by atoms with Gasteiger partial charge in [0.1, 0.15) is 12.4 Å². The Morgan fingerprint density at radius 1 is 0.839 bits per heavy atom. The zero-order valence-corrected chi connectivity index (χ0v) is 18.0. The number of ether oxygens (including phenoxy) is 3. The molecule has 3 aromatic rings. The Bertz CT molecular complexity index is 1170. The molecule has 2 amide bonds. The van der Waals surface area contributed by atoms with Crippen LogP contribution in [0.15, 0.2) is 65.6 Å². The minimum atomic E-state index is -0.321. The molecule has 0 aliphatic carbocycles. The number of nitrogens with zero attached hydrogens (tertiary/aromatic N) is 1. The summed E-state index contributed by atoms with van der Waals surface area (Å²) in [5.41, 5.74) is 0.854. The first-order valence-electron chi connectivity index (χ1n) is 9.69. The van der Waals surface area contributed by atoms with E-state index >= 15 is 0 Å². The van der Waals surface area contributed by atoms with Crippen molar-refractivity contribution in [3.8, 4) is 17.2 Å². The largest absolute Gasteiger partial charge is 0.496 e.